The molecule has 0 aromatic heterocycles. The summed E-state index contributed by atoms with van der Waals surface area (Å²) in [5, 5.41) is 8.18. The van der Waals surface area contributed by atoms with E-state index in [1.807, 2.05) is 0 Å². The van der Waals surface area contributed by atoms with Crippen LogP contribution in [0.1, 0.15) is 0 Å². The second-order valence-corrected chi connectivity index (χ2v) is 19.3. The molecule has 262 valence electrons. The minimum absolute atomic E-state index is 1.14. The number of hydrogen-bond donors (Lipinski definition) is 0. The molecule has 1 heterocycles. The summed E-state index contributed by atoms with van der Waals surface area (Å²) in [6, 6.07) is 75.4. The van der Waals surface area contributed by atoms with Crippen LogP contribution >= 0.6 is 0 Å². The van der Waals surface area contributed by atoms with Crippen molar-refractivity contribution >= 4 is 74.1 Å². The van der Waals surface area contributed by atoms with Crippen molar-refractivity contribution in [2.75, 3.05) is 9.80 Å². The van der Waals surface area contributed by atoms with E-state index in [4.69, 9.17) is 0 Å². The zero-order valence-electron chi connectivity index (χ0n) is 31.0. The summed E-state index contributed by atoms with van der Waals surface area (Å²) >= 11 is 0. The molecule has 0 spiro atoms. The molecule has 1 aliphatic heterocycles. The van der Waals surface area contributed by atoms with Gasteiger partial charge in [-0.1, -0.05) is 140 Å². The van der Waals surface area contributed by atoms with Crippen molar-refractivity contribution in [2.24, 2.45) is 0 Å². The first-order valence-corrected chi connectivity index (χ1v) is 22.1. The lowest BCUT2D eigenvalue weighted by Crippen LogP contribution is -2.56. The molecule has 0 saturated heterocycles. The topological polar surface area (TPSA) is 6.48 Å². The summed E-state index contributed by atoms with van der Waals surface area (Å²) in [5.74, 6) is 0. The van der Waals surface area contributed by atoms with Gasteiger partial charge in [-0.15, -0.1) is 0 Å². The molecule has 3 heteroatoms. The molecule has 0 saturated carbocycles. The fraction of sp³-hybridized carbons (Fsp3) is 0.0385. The molecule has 0 amide bonds. The summed E-state index contributed by atoms with van der Waals surface area (Å²) in [4.78, 5) is 4.71. The van der Waals surface area contributed by atoms with Gasteiger partial charge in [-0.3, -0.25) is 0 Å². The number of nitrogens with zero attached hydrogens (tertiary/aromatic N) is 2. The monoisotopic (exact) mass is 720 g/mol. The average Bonchev–Trinajstić information content (AvgIpc) is 3.24. The quantitative estimate of drug-likeness (QED) is 0.151. The Morgan fingerprint density at radius 1 is 0.327 bits per heavy atom. The van der Waals surface area contributed by atoms with Crippen LogP contribution in [-0.2, 0) is 0 Å². The largest absolute Gasteiger partial charge is 0.311 e. The van der Waals surface area contributed by atoms with Crippen molar-refractivity contribution in [3.05, 3.63) is 206 Å². The molecule has 0 atom stereocenters. The van der Waals surface area contributed by atoms with E-state index in [9.17, 15) is 0 Å². The van der Waals surface area contributed by atoms with Crippen LogP contribution < -0.4 is 20.2 Å². The van der Waals surface area contributed by atoms with Gasteiger partial charge in [-0.2, -0.15) is 0 Å². The predicted molar refractivity (Wildman–Crippen MR) is 238 cm³/mol. The van der Waals surface area contributed by atoms with Crippen molar-refractivity contribution in [3.8, 4) is 22.3 Å². The highest BCUT2D eigenvalue weighted by molar-refractivity contribution is 7.03. The van der Waals surface area contributed by atoms with E-state index in [-0.39, 0.29) is 0 Å². The Kier molecular flexibility index (Phi) is 7.97. The highest BCUT2D eigenvalue weighted by Crippen LogP contribution is 2.42. The van der Waals surface area contributed by atoms with Crippen molar-refractivity contribution < 1.29 is 0 Å². The molecule has 9 aromatic carbocycles. The maximum absolute atomic E-state index is 2.52. The van der Waals surface area contributed by atoms with E-state index in [1.54, 1.807) is 0 Å². The first-order chi connectivity index (χ1) is 27.0. The van der Waals surface area contributed by atoms with Crippen molar-refractivity contribution in [3.63, 3.8) is 0 Å². The SMILES string of the molecule is C[Si]1(C)c2cc(N(c3ccccc3)c3ccccc3)ccc2-c2ccc(-c3ccc4cc(N(c5ccccc5)c5ccccc5)ccc4c3)c3cccc1c23. The van der Waals surface area contributed by atoms with Gasteiger partial charge in [0.05, 0.1) is 0 Å². The Bertz CT molecular complexity index is 2750. The lowest BCUT2D eigenvalue weighted by molar-refractivity contribution is 1.29. The van der Waals surface area contributed by atoms with Crippen LogP contribution in [0.2, 0.25) is 13.1 Å². The van der Waals surface area contributed by atoms with Gasteiger partial charge in [0.1, 0.15) is 8.07 Å². The first-order valence-electron chi connectivity index (χ1n) is 19.1. The molecule has 1 aliphatic rings. The average molecular weight is 721 g/mol. The Labute approximate surface area is 324 Å². The summed E-state index contributed by atoms with van der Waals surface area (Å²) in [6.45, 7) is 5.05. The molecule has 0 unspecified atom stereocenters. The summed E-state index contributed by atoms with van der Waals surface area (Å²) in [5.41, 5.74) is 12.2. The van der Waals surface area contributed by atoms with E-state index in [0.717, 1.165) is 28.4 Å². The Balaban J connectivity index is 1.07. The third-order valence-electron chi connectivity index (χ3n) is 11.4. The molecule has 10 rings (SSSR count). The Morgan fingerprint density at radius 3 is 1.38 bits per heavy atom. The van der Waals surface area contributed by atoms with Gasteiger partial charge < -0.3 is 9.80 Å². The Morgan fingerprint density at radius 2 is 0.800 bits per heavy atom. The molecule has 0 bridgehead atoms. The second-order valence-electron chi connectivity index (χ2n) is 15.0. The lowest BCUT2D eigenvalue weighted by atomic mass is 9.90. The molecule has 9 aromatic rings. The molecule has 0 fully saturated rings. The van der Waals surface area contributed by atoms with E-state index < -0.39 is 8.07 Å². The Hall–Kier alpha value is -6.68. The molecule has 2 nitrogen and oxygen atoms in total. The molecular formula is C52H40N2Si. The van der Waals surface area contributed by atoms with Crippen LogP contribution in [0.5, 0.6) is 0 Å². The highest BCUT2D eigenvalue weighted by atomic mass is 28.3. The zero-order chi connectivity index (χ0) is 36.9. The van der Waals surface area contributed by atoms with Gasteiger partial charge in [-0.25, -0.2) is 0 Å². The molecule has 55 heavy (non-hydrogen) atoms. The third kappa shape index (κ3) is 5.64. The fourth-order valence-electron chi connectivity index (χ4n) is 8.71. The minimum Gasteiger partial charge on any atom is -0.311 e. The van der Waals surface area contributed by atoms with Gasteiger partial charge in [-0.05, 0) is 133 Å². The number of para-hydroxylation sites is 4. The van der Waals surface area contributed by atoms with E-state index in [0.29, 0.717) is 0 Å². The van der Waals surface area contributed by atoms with Gasteiger partial charge in [0.25, 0.3) is 0 Å². The maximum atomic E-state index is 2.52. The molecular weight excluding hydrogens is 681 g/mol. The number of anilines is 6. The molecule has 0 radical (unpaired) electrons. The normalized spacial score (nSPS) is 12.7. The van der Waals surface area contributed by atoms with Gasteiger partial charge in [0.15, 0.2) is 0 Å². The zero-order valence-corrected chi connectivity index (χ0v) is 32.0. The summed E-state index contributed by atoms with van der Waals surface area (Å²) in [6.07, 6.45) is 0. The maximum Gasteiger partial charge on any atom is 0.113 e. The number of rotatable bonds is 7. The van der Waals surface area contributed by atoms with Crippen LogP contribution in [-0.4, -0.2) is 8.07 Å². The summed E-state index contributed by atoms with van der Waals surface area (Å²) in [7, 11) is -2.11. The fourth-order valence-corrected chi connectivity index (χ4v) is 11.8. The van der Waals surface area contributed by atoms with Gasteiger partial charge in [0.2, 0.25) is 0 Å². The second kappa shape index (κ2) is 13.3. The standard InChI is InChI=1S/C52H40N2Si/c1-55(2)50-25-15-24-48-46(39-27-26-38-35-44(29-28-37(38)34-39)53(40-16-7-3-8-17-40)41-18-9-4-10-19-41)32-33-49(52(48)50)47-31-30-45(36-51(47)55)54(42-20-11-5-12-21-42)43-22-13-6-14-23-43/h3-36H,1-2H3. The summed E-state index contributed by atoms with van der Waals surface area (Å²) < 4.78 is 0. The van der Waals surface area contributed by atoms with Gasteiger partial charge >= 0.3 is 0 Å². The third-order valence-corrected chi connectivity index (χ3v) is 14.9. The molecule has 0 N–H and O–H groups in total. The van der Waals surface area contributed by atoms with Crippen LogP contribution in [0.3, 0.4) is 0 Å². The van der Waals surface area contributed by atoms with Crippen LogP contribution in [0, 0.1) is 0 Å². The van der Waals surface area contributed by atoms with Gasteiger partial charge in [0, 0.05) is 34.1 Å². The van der Waals surface area contributed by atoms with Crippen molar-refractivity contribution in [1.82, 2.24) is 0 Å². The van der Waals surface area contributed by atoms with Crippen LogP contribution in [0.25, 0.3) is 43.8 Å². The van der Waals surface area contributed by atoms with Crippen LogP contribution in [0.4, 0.5) is 34.1 Å². The van der Waals surface area contributed by atoms with E-state index in [1.165, 1.54) is 59.9 Å². The highest BCUT2D eigenvalue weighted by Gasteiger charge is 2.36. The molecule has 0 aliphatic carbocycles. The van der Waals surface area contributed by atoms with Crippen molar-refractivity contribution in [1.29, 1.82) is 0 Å². The number of benzene rings is 9. The number of hydrogen-bond acceptors (Lipinski definition) is 2. The predicted octanol–water partition coefficient (Wildman–Crippen LogP) is 13.4. The van der Waals surface area contributed by atoms with E-state index >= 15 is 0 Å². The van der Waals surface area contributed by atoms with Crippen LogP contribution in [0.15, 0.2) is 206 Å². The smallest absolute Gasteiger partial charge is 0.113 e. The van der Waals surface area contributed by atoms with E-state index in [2.05, 4.69) is 229 Å². The van der Waals surface area contributed by atoms with Crippen molar-refractivity contribution in [2.45, 2.75) is 13.1 Å². The minimum atomic E-state index is -2.11. The lowest BCUT2D eigenvalue weighted by Gasteiger charge is -2.35. The first kappa shape index (κ1) is 32.9. The number of fused-ring (bicyclic) bond motifs is 3.